The number of nitrogens with one attached hydrogen (secondary N) is 1. The molecule has 1 atom stereocenters. The van der Waals surface area contributed by atoms with E-state index in [-0.39, 0.29) is 29.7 Å². The Morgan fingerprint density at radius 2 is 1.87 bits per heavy atom. The van der Waals surface area contributed by atoms with Crippen LogP contribution in [0.5, 0.6) is 5.75 Å². The molecule has 3 rings (SSSR count). The maximum atomic E-state index is 13.9. The van der Waals surface area contributed by atoms with Gasteiger partial charge in [0.2, 0.25) is 15.9 Å². The molecule has 9 heteroatoms. The second-order valence-electron chi connectivity index (χ2n) is 7.85. The van der Waals surface area contributed by atoms with Gasteiger partial charge in [0.05, 0.1) is 13.0 Å². The molecule has 0 radical (unpaired) electrons. The predicted molar refractivity (Wildman–Crippen MR) is 114 cm³/mol. The smallest absolute Gasteiger partial charge is 0.246 e. The van der Waals surface area contributed by atoms with Gasteiger partial charge in [-0.1, -0.05) is 26.0 Å². The number of rotatable bonds is 6. The standard InChI is InChI=1S/C22H26F2N2O4S/c1-14(2)15-9-10-19(30-3)20(12-15)31(28,29)26-11-5-6-16(13-26)22(27)25-21-17(23)7-4-8-18(21)24/h4,7-10,12,14,16H,5-6,11,13H2,1-3H3,(H,25,27)/t16-/m0/s1. The van der Waals surface area contributed by atoms with Crippen molar-refractivity contribution in [2.24, 2.45) is 5.92 Å². The van der Waals surface area contributed by atoms with Gasteiger partial charge in [-0.25, -0.2) is 17.2 Å². The Bertz CT molecular complexity index is 1050. The largest absolute Gasteiger partial charge is 0.495 e. The first-order valence-electron chi connectivity index (χ1n) is 10.1. The molecule has 0 spiro atoms. The molecular weight excluding hydrogens is 426 g/mol. The molecule has 1 N–H and O–H groups in total. The van der Waals surface area contributed by atoms with Crippen molar-refractivity contribution in [3.05, 3.63) is 53.6 Å². The van der Waals surface area contributed by atoms with Gasteiger partial charge in [-0.15, -0.1) is 0 Å². The number of benzene rings is 2. The Kier molecular flexibility index (Phi) is 6.96. The molecule has 6 nitrogen and oxygen atoms in total. The quantitative estimate of drug-likeness (QED) is 0.715. The van der Waals surface area contributed by atoms with Gasteiger partial charge in [0.15, 0.2) is 0 Å². The van der Waals surface area contributed by atoms with E-state index in [0.29, 0.717) is 12.8 Å². The number of amides is 1. The van der Waals surface area contributed by atoms with Crippen LogP contribution in [0.2, 0.25) is 0 Å². The second kappa shape index (κ2) is 9.32. The Morgan fingerprint density at radius 3 is 2.48 bits per heavy atom. The third-order valence-electron chi connectivity index (χ3n) is 5.44. The number of methoxy groups -OCH3 is 1. The van der Waals surface area contributed by atoms with E-state index >= 15 is 0 Å². The highest BCUT2D eigenvalue weighted by molar-refractivity contribution is 7.89. The lowest BCUT2D eigenvalue weighted by Gasteiger charge is -2.31. The lowest BCUT2D eigenvalue weighted by Crippen LogP contribution is -2.43. The van der Waals surface area contributed by atoms with Crippen LogP contribution in [-0.2, 0) is 14.8 Å². The minimum absolute atomic E-state index is 0.0439. The number of carbonyl (C=O) groups is 1. The first-order valence-corrected chi connectivity index (χ1v) is 11.5. The van der Waals surface area contributed by atoms with E-state index in [0.717, 1.165) is 17.7 Å². The number of sulfonamides is 1. The number of hydrogen-bond acceptors (Lipinski definition) is 4. The van der Waals surface area contributed by atoms with Crippen LogP contribution in [0, 0.1) is 17.6 Å². The number of anilines is 1. The van der Waals surface area contributed by atoms with Crippen LogP contribution in [-0.4, -0.2) is 38.8 Å². The van der Waals surface area contributed by atoms with Gasteiger partial charge < -0.3 is 10.1 Å². The van der Waals surface area contributed by atoms with Crippen LogP contribution >= 0.6 is 0 Å². The van der Waals surface area contributed by atoms with Crippen LogP contribution in [0.4, 0.5) is 14.5 Å². The van der Waals surface area contributed by atoms with E-state index < -0.39 is 39.2 Å². The van der Waals surface area contributed by atoms with Crippen molar-refractivity contribution in [3.8, 4) is 5.75 Å². The molecule has 1 aliphatic rings. The number of piperidine rings is 1. The molecule has 1 amide bonds. The maximum absolute atomic E-state index is 13.9. The third kappa shape index (κ3) is 4.88. The molecule has 1 aliphatic heterocycles. The first kappa shape index (κ1) is 23.1. The van der Waals surface area contributed by atoms with E-state index in [4.69, 9.17) is 4.74 Å². The lowest BCUT2D eigenvalue weighted by atomic mass is 9.98. The summed E-state index contributed by atoms with van der Waals surface area (Å²) >= 11 is 0. The molecule has 168 valence electrons. The van der Waals surface area contributed by atoms with E-state index in [1.807, 2.05) is 19.9 Å². The SMILES string of the molecule is COc1ccc(C(C)C)cc1S(=O)(=O)N1CCC[C@H](C(=O)Nc2c(F)cccc2F)C1. The summed E-state index contributed by atoms with van der Waals surface area (Å²) in [5.74, 6) is -2.78. The summed E-state index contributed by atoms with van der Waals surface area (Å²) in [4.78, 5) is 12.7. The molecule has 2 aromatic rings. The van der Waals surface area contributed by atoms with Gasteiger partial charge in [-0.2, -0.15) is 4.31 Å². The van der Waals surface area contributed by atoms with E-state index in [9.17, 15) is 22.0 Å². The molecule has 31 heavy (non-hydrogen) atoms. The van der Waals surface area contributed by atoms with Gasteiger partial charge in [0.25, 0.3) is 0 Å². The fourth-order valence-corrected chi connectivity index (χ4v) is 5.32. The maximum Gasteiger partial charge on any atom is 0.246 e. The molecule has 2 aromatic carbocycles. The van der Waals surface area contributed by atoms with Crippen molar-refractivity contribution in [1.29, 1.82) is 0 Å². The zero-order chi connectivity index (χ0) is 22.8. The highest BCUT2D eigenvalue weighted by Gasteiger charge is 2.35. The fourth-order valence-electron chi connectivity index (χ4n) is 3.61. The molecule has 1 heterocycles. The van der Waals surface area contributed by atoms with Gasteiger partial charge >= 0.3 is 0 Å². The summed E-state index contributed by atoms with van der Waals surface area (Å²) in [6.45, 7) is 4.08. The summed E-state index contributed by atoms with van der Waals surface area (Å²) in [6, 6.07) is 8.33. The van der Waals surface area contributed by atoms with Gasteiger partial charge in [-0.05, 0) is 48.6 Å². The normalized spacial score (nSPS) is 17.5. The van der Waals surface area contributed by atoms with Crippen LogP contribution < -0.4 is 10.1 Å². The molecule has 0 aromatic heterocycles. The number of carbonyl (C=O) groups excluding carboxylic acids is 1. The Labute approximate surface area is 181 Å². The molecule has 0 aliphatic carbocycles. The van der Waals surface area contributed by atoms with Crippen LogP contribution in [0.1, 0.15) is 38.2 Å². The zero-order valence-corrected chi connectivity index (χ0v) is 18.5. The van der Waals surface area contributed by atoms with Crippen LogP contribution in [0.3, 0.4) is 0 Å². The minimum Gasteiger partial charge on any atom is -0.495 e. The van der Waals surface area contributed by atoms with Gasteiger partial charge in [0.1, 0.15) is 28.0 Å². The fraction of sp³-hybridized carbons (Fsp3) is 0.409. The zero-order valence-electron chi connectivity index (χ0n) is 17.7. The number of hydrogen-bond donors (Lipinski definition) is 1. The van der Waals surface area contributed by atoms with Crippen LogP contribution in [0.15, 0.2) is 41.3 Å². The topological polar surface area (TPSA) is 75.7 Å². The summed E-state index contributed by atoms with van der Waals surface area (Å²) in [5.41, 5.74) is 0.319. The van der Waals surface area contributed by atoms with Gasteiger partial charge in [0, 0.05) is 13.1 Å². The highest BCUT2D eigenvalue weighted by Crippen LogP contribution is 2.33. The average Bonchev–Trinajstić information content (AvgIpc) is 2.75. The van der Waals surface area contributed by atoms with Crippen molar-refractivity contribution in [2.45, 2.75) is 37.5 Å². The molecule has 0 unspecified atom stereocenters. The first-order chi connectivity index (χ1) is 14.6. The molecule has 0 saturated carbocycles. The van der Waals surface area contributed by atoms with Crippen molar-refractivity contribution in [1.82, 2.24) is 4.31 Å². The lowest BCUT2D eigenvalue weighted by molar-refractivity contribution is -0.120. The van der Waals surface area contributed by atoms with Crippen molar-refractivity contribution >= 4 is 21.6 Å². The van der Waals surface area contributed by atoms with Crippen molar-refractivity contribution in [3.63, 3.8) is 0 Å². The second-order valence-corrected chi connectivity index (χ2v) is 9.76. The number of nitrogens with zero attached hydrogens (tertiary/aromatic N) is 1. The van der Waals surface area contributed by atoms with Crippen molar-refractivity contribution in [2.75, 3.05) is 25.5 Å². The molecule has 0 bridgehead atoms. The summed E-state index contributed by atoms with van der Waals surface area (Å²) < 4.78 is 61.0. The number of halogens is 2. The summed E-state index contributed by atoms with van der Waals surface area (Å²) in [5, 5.41) is 2.27. The summed E-state index contributed by atoms with van der Waals surface area (Å²) in [6.07, 6.45) is 0.861. The predicted octanol–water partition coefficient (Wildman–Crippen LogP) is 4.14. The Morgan fingerprint density at radius 1 is 1.19 bits per heavy atom. The molecule has 1 saturated heterocycles. The Hall–Kier alpha value is -2.52. The monoisotopic (exact) mass is 452 g/mol. The van der Waals surface area contributed by atoms with E-state index in [1.54, 1.807) is 12.1 Å². The van der Waals surface area contributed by atoms with E-state index in [2.05, 4.69) is 5.32 Å². The summed E-state index contributed by atoms with van der Waals surface area (Å²) in [7, 11) is -2.53. The minimum atomic E-state index is -3.94. The number of para-hydroxylation sites is 1. The Balaban J connectivity index is 1.84. The third-order valence-corrected chi connectivity index (χ3v) is 7.32. The molecule has 1 fully saturated rings. The van der Waals surface area contributed by atoms with E-state index in [1.165, 1.54) is 17.5 Å². The van der Waals surface area contributed by atoms with Gasteiger partial charge in [-0.3, -0.25) is 4.79 Å². The number of ether oxygens (including phenoxy) is 1. The average molecular weight is 453 g/mol. The van der Waals surface area contributed by atoms with Crippen molar-refractivity contribution < 1.29 is 26.7 Å². The highest BCUT2D eigenvalue weighted by atomic mass is 32.2. The van der Waals surface area contributed by atoms with Crippen LogP contribution in [0.25, 0.3) is 0 Å². The molecular formula is C22H26F2N2O4S.